The first-order valence-corrected chi connectivity index (χ1v) is 29.0. The van der Waals surface area contributed by atoms with Crippen LogP contribution in [-0.2, 0) is 0 Å². The molecular formula is C78H56F6N4O3. The summed E-state index contributed by atoms with van der Waals surface area (Å²) in [6, 6.07) is 100. The molecule has 0 radical (unpaired) electrons. The number of rotatable bonds is 17. The fraction of sp³-hybridized carbons (Fsp3) is 0.0385. The number of ketones is 3. The Hall–Kier alpha value is -11.6. The van der Waals surface area contributed by atoms with Crippen LogP contribution in [0.25, 0.3) is 22.3 Å². The SMILES string of the molecule is CC(=O)c1ccc(N(c2ccccc2)c2ccc(-c3ccc(N(c4ccccc4)c4ccccc4)cc3)cc2)cc1.O=C(c1ccc(N(c2ccccc2)c2ccc(-c3ccc(N(c4ccccc4)c4ccc(C(=O)C(F)(F)F)cc4)cc3)cc2)cc1)C(F)(F)F. The van der Waals surface area contributed by atoms with Gasteiger partial charge in [0.15, 0.2) is 5.78 Å². The Morgan fingerprint density at radius 2 is 0.374 bits per heavy atom. The number of benzene rings is 12. The monoisotopic (exact) mass is 1210 g/mol. The first kappa shape index (κ1) is 61.1. The second-order valence-electron chi connectivity index (χ2n) is 21.1. The molecule has 7 nitrogen and oxygen atoms in total. The Morgan fingerprint density at radius 1 is 0.220 bits per heavy atom. The van der Waals surface area contributed by atoms with Gasteiger partial charge in [0.05, 0.1) is 0 Å². The molecule has 0 unspecified atom stereocenters. The van der Waals surface area contributed by atoms with Gasteiger partial charge in [0.2, 0.25) is 0 Å². The minimum absolute atomic E-state index is 0.0637. The summed E-state index contributed by atoms with van der Waals surface area (Å²) in [5.74, 6) is -3.75. The minimum atomic E-state index is -4.97. The summed E-state index contributed by atoms with van der Waals surface area (Å²) in [7, 11) is 0. The summed E-state index contributed by atoms with van der Waals surface area (Å²) in [5, 5.41) is 0. The molecule has 0 amide bonds. The lowest BCUT2D eigenvalue weighted by atomic mass is 10.0. The average molecular weight is 1210 g/mol. The molecule has 0 fully saturated rings. The van der Waals surface area contributed by atoms with Crippen LogP contribution >= 0.6 is 0 Å². The van der Waals surface area contributed by atoms with Crippen LogP contribution in [0.5, 0.6) is 0 Å². The second-order valence-corrected chi connectivity index (χ2v) is 21.1. The molecule has 0 aliphatic heterocycles. The van der Waals surface area contributed by atoms with Crippen molar-refractivity contribution in [1.29, 1.82) is 0 Å². The van der Waals surface area contributed by atoms with Crippen LogP contribution in [-0.4, -0.2) is 29.7 Å². The normalized spacial score (nSPS) is 11.2. The first-order valence-electron chi connectivity index (χ1n) is 29.0. The summed E-state index contributed by atoms with van der Waals surface area (Å²) in [4.78, 5) is 43.5. The van der Waals surface area contributed by atoms with Crippen LogP contribution < -0.4 is 19.6 Å². The predicted molar refractivity (Wildman–Crippen MR) is 353 cm³/mol. The van der Waals surface area contributed by atoms with E-state index >= 15 is 0 Å². The van der Waals surface area contributed by atoms with Crippen molar-refractivity contribution in [3.8, 4) is 22.3 Å². The molecule has 0 spiro atoms. The molecule has 12 rings (SSSR count). The van der Waals surface area contributed by atoms with Gasteiger partial charge in [-0.2, -0.15) is 26.3 Å². The van der Waals surface area contributed by atoms with Gasteiger partial charge in [-0.3, -0.25) is 14.4 Å². The smallest absolute Gasteiger partial charge is 0.311 e. The third-order valence-corrected chi connectivity index (χ3v) is 15.1. The van der Waals surface area contributed by atoms with Crippen molar-refractivity contribution in [2.24, 2.45) is 0 Å². The summed E-state index contributed by atoms with van der Waals surface area (Å²) < 4.78 is 77.9. The lowest BCUT2D eigenvalue weighted by Crippen LogP contribution is -2.22. The van der Waals surface area contributed by atoms with E-state index in [2.05, 4.69) is 119 Å². The van der Waals surface area contributed by atoms with Crippen LogP contribution in [0.1, 0.15) is 38.0 Å². The second kappa shape index (κ2) is 27.2. The van der Waals surface area contributed by atoms with Crippen LogP contribution in [0.3, 0.4) is 0 Å². The van der Waals surface area contributed by atoms with E-state index in [1.165, 1.54) is 24.3 Å². The first-order chi connectivity index (χ1) is 44.1. The maximum Gasteiger partial charge on any atom is 0.454 e. The molecule has 13 heteroatoms. The molecule has 0 N–H and O–H groups in total. The Labute approximate surface area is 523 Å². The summed E-state index contributed by atoms with van der Waals surface area (Å²) in [5.41, 5.74) is 14.4. The third-order valence-electron chi connectivity index (χ3n) is 15.1. The number of alkyl halides is 6. The number of anilines is 12. The molecule has 91 heavy (non-hydrogen) atoms. The summed E-state index contributed by atoms with van der Waals surface area (Å²) in [6.07, 6.45) is -9.94. The van der Waals surface area contributed by atoms with Crippen molar-refractivity contribution in [3.05, 3.63) is 338 Å². The van der Waals surface area contributed by atoms with Gasteiger partial charge in [0, 0.05) is 84.9 Å². The van der Waals surface area contributed by atoms with Gasteiger partial charge in [-0.05, 0) is 211 Å². The van der Waals surface area contributed by atoms with Crippen molar-refractivity contribution >= 4 is 85.6 Å². The zero-order valence-corrected chi connectivity index (χ0v) is 48.9. The highest BCUT2D eigenvalue weighted by molar-refractivity contribution is 6.01. The number of Topliss-reactive ketones (excluding diaryl/α,β-unsaturated/α-hetero) is 3. The highest BCUT2D eigenvalue weighted by Crippen LogP contribution is 2.41. The number of para-hydroxylation sites is 5. The number of hydrogen-bond acceptors (Lipinski definition) is 7. The van der Waals surface area contributed by atoms with E-state index < -0.39 is 35.0 Å². The Morgan fingerprint density at radius 3 is 0.538 bits per heavy atom. The van der Waals surface area contributed by atoms with E-state index in [1.807, 2.05) is 174 Å². The van der Waals surface area contributed by atoms with Crippen LogP contribution in [0.2, 0.25) is 0 Å². The molecule has 0 aliphatic rings. The fourth-order valence-electron chi connectivity index (χ4n) is 10.6. The summed E-state index contributed by atoms with van der Waals surface area (Å²) >= 11 is 0. The Bertz CT molecular complexity index is 4180. The van der Waals surface area contributed by atoms with Gasteiger partial charge in [0.1, 0.15) is 0 Å². The average Bonchev–Trinajstić information content (AvgIpc) is 0.955. The van der Waals surface area contributed by atoms with Crippen LogP contribution in [0, 0.1) is 0 Å². The van der Waals surface area contributed by atoms with E-state index in [0.29, 0.717) is 16.9 Å². The standard InChI is InChI=1S/C40H26F6N2O2.C38H30N2O/c41-39(42,43)37(49)29-15-23-35(24-16-29)47(31-7-3-1-4-8-31)33-19-11-27(12-20-33)28-13-21-34(22-14-28)48(32-9-5-2-6-10-32)36-25-17-30(18-26-36)38(50)40(44,45)46;1-29(41)30-17-23-36(24-18-30)40(35-15-9-4-10-16-35)38-27-21-32(22-28-38)31-19-25-37(26-20-31)39(33-11-5-2-6-12-33)34-13-7-3-8-14-34/h1-26H;2-28H,1H3. The molecule has 0 heterocycles. The predicted octanol–water partition coefficient (Wildman–Crippen LogP) is 22.3. The highest BCUT2D eigenvalue weighted by atomic mass is 19.4. The van der Waals surface area contributed by atoms with Gasteiger partial charge >= 0.3 is 12.4 Å². The van der Waals surface area contributed by atoms with Gasteiger partial charge in [-0.15, -0.1) is 0 Å². The largest absolute Gasteiger partial charge is 0.454 e. The molecule has 0 saturated heterocycles. The van der Waals surface area contributed by atoms with E-state index in [9.17, 15) is 40.7 Å². The topological polar surface area (TPSA) is 64.2 Å². The van der Waals surface area contributed by atoms with Crippen LogP contribution in [0.15, 0.2) is 322 Å². The van der Waals surface area contributed by atoms with Gasteiger partial charge in [-0.1, -0.05) is 140 Å². The molecule has 0 aliphatic carbocycles. The number of carbonyl (C=O) groups is 3. The molecule has 0 saturated carbocycles. The molecule has 12 aromatic carbocycles. The lowest BCUT2D eigenvalue weighted by Gasteiger charge is -2.26. The number of carbonyl (C=O) groups excluding carboxylic acids is 3. The minimum Gasteiger partial charge on any atom is -0.311 e. The van der Waals surface area contributed by atoms with Crippen molar-refractivity contribution < 1.29 is 40.7 Å². The lowest BCUT2D eigenvalue weighted by molar-refractivity contribution is -0.0888. The zero-order chi connectivity index (χ0) is 63.5. The number of halogens is 6. The fourth-order valence-corrected chi connectivity index (χ4v) is 10.6. The molecule has 12 aromatic rings. The zero-order valence-electron chi connectivity index (χ0n) is 48.9. The Kier molecular flexibility index (Phi) is 18.3. The van der Waals surface area contributed by atoms with E-state index in [1.54, 1.807) is 6.92 Å². The molecule has 0 atom stereocenters. The van der Waals surface area contributed by atoms with Crippen molar-refractivity contribution in [1.82, 2.24) is 0 Å². The number of nitrogens with zero attached hydrogens (tertiary/aromatic N) is 4. The number of hydrogen-bond donors (Lipinski definition) is 0. The van der Waals surface area contributed by atoms with Crippen molar-refractivity contribution in [2.75, 3.05) is 19.6 Å². The van der Waals surface area contributed by atoms with Crippen molar-refractivity contribution in [3.63, 3.8) is 0 Å². The van der Waals surface area contributed by atoms with Crippen molar-refractivity contribution in [2.45, 2.75) is 19.3 Å². The Balaban J connectivity index is 0.000000190. The van der Waals surface area contributed by atoms with Gasteiger partial charge in [-0.25, -0.2) is 0 Å². The molecule has 0 bridgehead atoms. The van der Waals surface area contributed by atoms with Gasteiger partial charge < -0.3 is 19.6 Å². The van der Waals surface area contributed by atoms with E-state index in [-0.39, 0.29) is 5.78 Å². The highest BCUT2D eigenvalue weighted by Gasteiger charge is 2.40. The maximum absolute atomic E-state index is 13.0. The third kappa shape index (κ3) is 14.4. The van der Waals surface area contributed by atoms with Gasteiger partial charge in [0.25, 0.3) is 11.6 Å². The molecule has 448 valence electrons. The molecule has 0 aromatic heterocycles. The summed E-state index contributed by atoms with van der Waals surface area (Å²) in [6.45, 7) is 1.59. The van der Waals surface area contributed by atoms with Crippen LogP contribution in [0.4, 0.5) is 94.6 Å². The maximum atomic E-state index is 13.0. The van der Waals surface area contributed by atoms with E-state index in [4.69, 9.17) is 0 Å². The molecular weight excluding hydrogens is 1150 g/mol. The quantitative estimate of drug-likeness (QED) is 0.0665. The van der Waals surface area contributed by atoms with E-state index in [0.717, 1.165) is 103 Å².